The first kappa shape index (κ1) is 10.3. The van der Waals surface area contributed by atoms with E-state index in [1.165, 1.54) is 0 Å². The van der Waals surface area contributed by atoms with Crippen molar-refractivity contribution in [1.82, 2.24) is 15.2 Å². The molecule has 0 aliphatic carbocycles. The molecule has 0 saturated carbocycles. The molecule has 2 N–H and O–H groups in total. The summed E-state index contributed by atoms with van der Waals surface area (Å²) in [6.45, 7) is 0.681. The fraction of sp³-hybridized carbons (Fsp3) is 0.429. The van der Waals surface area contributed by atoms with Crippen LogP contribution in [0.1, 0.15) is 16.9 Å². The van der Waals surface area contributed by atoms with E-state index in [1.807, 2.05) is 0 Å². The van der Waals surface area contributed by atoms with Crippen LogP contribution in [0.4, 0.5) is 0 Å². The molecule has 7 nitrogen and oxygen atoms in total. The van der Waals surface area contributed by atoms with E-state index >= 15 is 0 Å². The lowest BCUT2D eigenvalue weighted by Gasteiger charge is -2.11. The van der Waals surface area contributed by atoms with Gasteiger partial charge in [-0.15, -0.1) is 0 Å². The van der Waals surface area contributed by atoms with Crippen LogP contribution in [0.3, 0.4) is 0 Å². The minimum absolute atomic E-state index is 0.00845. The third kappa shape index (κ3) is 2.36. The normalized spacial score (nSPS) is 9.79. The van der Waals surface area contributed by atoms with Gasteiger partial charge in [0.15, 0.2) is 5.69 Å². The highest BCUT2D eigenvalue weighted by molar-refractivity contribution is 5.97. The van der Waals surface area contributed by atoms with Crippen LogP contribution in [-0.2, 0) is 4.79 Å². The second kappa shape index (κ2) is 5.07. The monoisotopic (exact) mass is 198 g/mol. The van der Waals surface area contributed by atoms with Gasteiger partial charge in [0.1, 0.15) is 6.20 Å². The number of aromatic nitrogens is 2. The zero-order valence-corrected chi connectivity index (χ0v) is 7.42. The van der Waals surface area contributed by atoms with E-state index in [-0.39, 0.29) is 12.2 Å². The second-order valence-electron chi connectivity index (χ2n) is 2.54. The summed E-state index contributed by atoms with van der Waals surface area (Å²) in [5.74, 6) is -0.533. The first-order valence-electron chi connectivity index (χ1n) is 4.03. The van der Waals surface area contributed by atoms with Crippen molar-refractivity contribution in [3.05, 3.63) is 11.9 Å². The minimum atomic E-state index is -0.533. The molecule has 1 aromatic rings. The lowest BCUT2D eigenvalue weighted by Crippen LogP contribution is -2.31. The Morgan fingerprint density at radius 2 is 2.50 bits per heavy atom. The minimum Gasteiger partial charge on any atom is -0.330 e. The Morgan fingerprint density at radius 1 is 1.71 bits per heavy atom. The molecule has 14 heavy (non-hydrogen) atoms. The van der Waals surface area contributed by atoms with Gasteiger partial charge < -0.3 is 5.73 Å². The summed E-state index contributed by atoms with van der Waals surface area (Å²) < 4.78 is 4.25. The van der Waals surface area contributed by atoms with Crippen molar-refractivity contribution in [1.29, 1.82) is 0 Å². The molecule has 1 heterocycles. The molecule has 0 spiro atoms. The number of amides is 2. The Labute approximate surface area is 79.8 Å². The van der Waals surface area contributed by atoms with Crippen LogP contribution < -0.4 is 5.73 Å². The molecule has 0 fully saturated rings. The third-order valence-corrected chi connectivity index (χ3v) is 1.57. The maximum Gasteiger partial charge on any atom is 0.284 e. The molecule has 1 rings (SSSR count). The molecule has 7 heteroatoms. The van der Waals surface area contributed by atoms with Gasteiger partial charge in [0, 0.05) is 6.54 Å². The Morgan fingerprint density at radius 3 is 3.00 bits per heavy atom. The number of imide groups is 1. The first-order valence-corrected chi connectivity index (χ1v) is 4.03. The van der Waals surface area contributed by atoms with Gasteiger partial charge in [0.25, 0.3) is 5.91 Å². The summed E-state index contributed by atoms with van der Waals surface area (Å²) >= 11 is 0. The van der Waals surface area contributed by atoms with E-state index < -0.39 is 5.91 Å². The van der Waals surface area contributed by atoms with E-state index in [1.54, 1.807) is 0 Å². The number of nitrogens with two attached hydrogens (primary N) is 1. The molecule has 0 aromatic carbocycles. The van der Waals surface area contributed by atoms with Crippen LogP contribution in [-0.4, -0.2) is 40.6 Å². The van der Waals surface area contributed by atoms with Crippen molar-refractivity contribution in [2.45, 2.75) is 6.42 Å². The highest BCUT2D eigenvalue weighted by Gasteiger charge is 2.17. The van der Waals surface area contributed by atoms with Crippen molar-refractivity contribution in [3.8, 4) is 0 Å². The zero-order valence-electron chi connectivity index (χ0n) is 7.42. The maximum absolute atomic E-state index is 11.4. The van der Waals surface area contributed by atoms with Crippen LogP contribution in [0.2, 0.25) is 0 Å². The summed E-state index contributed by atoms with van der Waals surface area (Å²) in [7, 11) is 0. The number of carbonyl (C=O) groups is 2. The molecular formula is C7H10N4O3. The van der Waals surface area contributed by atoms with Gasteiger partial charge in [0.05, 0.1) is 0 Å². The van der Waals surface area contributed by atoms with E-state index in [4.69, 9.17) is 5.73 Å². The highest BCUT2D eigenvalue weighted by Crippen LogP contribution is 1.98. The molecule has 0 atom stereocenters. The molecule has 1 aromatic heterocycles. The Kier molecular flexibility index (Phi) is 3.74. The average Bonchev–Trinajstić information content (AvgIpc) is 2.71. The lowest BCUT2D eigenvalue weighted by molar-refractivity contribution is -0.116. The predicted octanol–water partition coefficient (Wildman–Crippen LogP) is -0.983. The van der Waals surface area contributed by atoms with Crippen LogP contribution in [0, 0.1) is 0 Å². The number of rotatable bonds is 5. The Hall–Kier alpha value is -1.76. The fourth-order valence-electron chi connectivity index (χ4n) is 0.870. The quantitative estimate of drug-likeness (QED) is 0.610. The van der Waals surface area contributed by atoms with Crippen LogP contribution in [0.15, 0.2) is 10.8 Å². The van der Waals surface area contributed by atoms with Crippen molar-refractivity contribution >= 4 is 12.3 Å². The molecule has 0 unspecified atom stereocenters. The Bertz CT molecular complexity index is 298. The number of hydrogen-bond acceptors (Lipinski definition) is 6. The predicted molar refractivity (Wildman–Crippen MR) is 45.1 cm³/mol. The van der Waals surface area contributed by atoms with Gasteiger partial charge in [-0.2, -0.15) is 0 Å². The highest BCUT2D eigenvalue weighted by atomic mass is 16.6. The molecule has 0 bridgehead atoms. The molecule has 0 aliphatic rings. The van der Waals surface area contributed by atoms with Crippen molar-refractivity contribution in [3.63, 3.8) is 0 Å². The van der Waals surface area contributed by atoms with Crippen molar-refractivity contribution < 1.29 is 14.2 Å². The molecule has 76 valence electrons. The van der Waals surface area contributed by atoms with Gasteiger partial charge in [-0.05, 0) is 18.1 Å². The van der Waals surface area contributed by atoms with E-state index in [2.05, 4.69) is 14.9 Å². The standard InChI is InChI=1S/C7H10N4O3/c8-2-1-3-11(5-12)7(13)6-4-9-14-10-6/h4-5H,1-3,8H2. The van der Waals surface area contributed by atoms with Gasteiger partial charge in [-0.3, -0.25) is 14.5 Å². The summed E-state index contributed by atoms with van der Waals surface area (Å²) in [6.07, 6.45) is 2.14. The summed E-state index contributed by atoms with van der Waals surface area (Å²) in [6, 6.07) is 0. The van der Waals surface area contributed by atoms with Gasteiger partial charge in [0.2, 0.25) is 6.41 Å². The largest absolute Gasteiger partial charge is 0.330 e. The zero-order chi connectivity index (χ0) is 10.4. The van der Waals surface area contributed by atoms with E-state index in [9.17, 15) is 9.59 Å². The first-order chi connectivity index (χ1) is 6.79. The summed E-state index contributed by atoms with van der Waals surface area (Å²) in [5.41, 5.74) is 5.26. The van der Waals surface area contributed by atoms with Crippen molar-refractivity contribution in [2.24, 2.45) is 5.73 Å². The molecule has 0 saturated heterocycles. The summed E-state index contributed by atoms with van der Waals surface area (Å²) in [5, 5.41) is 6.59. The number of carbonyl (C=O) groups excluding carboxylic acids is 2. The van der Waals surface area contributed by atoms with Crippen molar-refractivity contribution in [2.75, 3.05) is 13.1 Å². The lowest BCUT2D eigenvalue weighted by atomic mass is 10.3. The topological polar surface area (TPSA) is 102 Å². The van der Waals surface area contributed by atoms with Gasteiger partial charge in [-0.25, -0.2) is 4.63 Å². The molecular weight excluding hydrogens is 188 g/mol. The van der Waals surface area contributed by atoms with E-state index in [0.717, 1.165) is 11.1 Å². The van der Waals surface area contributed by atoms with Crippen LogP contribution in [0.5, 0.6) is 0 Å². The van der Waals surface area contributed by atoms with Crippen LogP contribution >= 0.6 is 0 Å². The third-order valence-electron chi connectivity index (χ3n) is 1.57. The van der Waals surface area contributed by atoms with Gasteiger partial charge in [-0.1, -0.05) is 5.16 Å². The van der Waals surface area contributed by atoms with Crippen LogP contribution in [0.25, 0.3) is 0 Å². The number of nitrogens with zero attached hydrogens (tertiary/aromatic N) is 3. The average molecular weight is 198 g/mol. The second-order valence-corrected chi connectivity index (χ2v) is 2.54. The SMILES string of the molecule is NCCCN(C=O)C(=O)c1cnon1. The smallest absolute Gasteiger partial charge is 0.284 e. The molecule has 0 aliphatic heterocycles. The Balaban J connectivity index is 2.61. The van der Waals surface area contributed by atoms with E-state index in [0.29, 0.717) is 19.4 Å². The maximum atomic E-state index is 11.4. The number of hydrogen-bond donors (Lipinski definition) is 1. The molecule has 2 amide bonds. The van der Waals surface area contributed by atoms with Gasteiger partial charge >= 0.3 is 0 Å². The summed E-state index contributed by atoms with van der Waals surface area (Å²) in [4.78, 5) is 22.9. The fourth-order valence-corrected chi connectivity index (χ4v) is 0.870. The molecule has 0 radical (unpaired) electrons.